The molecular formula is C13H18ClN3O2. The molecule has 0 saturated heterocycles. The van der Waals surface area contributed by atoms with E-state index in [4.69, 9.17) is 11.6 Å². The predicted octanol–water partition coefficient (Wildman–Crippen LogP) is 2.30. The largest absolute Gasteiger partial charge is 0.394 e. The summed E-state index contributed by atoms with van der Waals surface area (Å²) in [7, 11) is 0. The summed E-state index contributed by atoms with van der Waals surface area (Å²) >= 11 is 5.88. The third kappa shape index (κ3) is 3.04. The van der Waals surface area contributed by atoms with Crippen molar-refractivity contribution in [1.82, 2.24) is 9.97 Å². The number of anilines is 1. The molecule has 2 rings (SSSR count). The number of hydrogen-bond donors (Lipinski definition) is 2. The van der Waals surface area contributed by atoms with Crippen LogP contribution in [0.3, 0.4) is 0 Å². The molecule has 0 spiro atoms. The second-order valence-electron chi connectivity index (χ2n) is 5.31. The molecule has 1 aromatic heterocycles. The van der Waals surface area contributed by atoms with Gasteiger partial charge in [-0.25, -0.2) is 9.97 Å². The number of aromatic nitrogens is 2. The lowest BCUT2D eigenvalue weighted by molar-refractivity contribution is 0.112. The second kappa shape index (κ2) is 5.84. The topological polar surface area (TPSA) is 75.1 Å². The maximum Gasteiger partial charge on any atom is 0.156 e. The van der Waals surface area contributed by atoms with Gasteiger partial charge in [0.2, 0.25) is 0 Å². The highest BCUT2D eigenvalue weighted by Crippen LogP contribution is 2.35. The highest BCUT2D eigenvalue weighted by Gasteiger charge is 2.35. The number of aliphatic hydroxyl groups is 1. The Labute approximate surface area is 117 Å². The van der Waals surface area contributed by atoms with Crippen LogP contribution >= 0.6 is 11.6 Å². The van der Waals surface area contributed by atoms with Gasteiger partial charge in [-0.05, 0) is 18.8 Å². The molecule has 1 aromatic rings. The smallest absolute Gasteiger partial charge is 0.156 e. The van der Waals surface area contributed by atoms with E-state index in [0.29, 0.717) is 18.0 Å². The predicted molar refractivity (Wildman–Crippen MR) is 73.5 cm³/mol. The Kier molecular flexibility index (Phi) is 4.37. The highest BCUT2D eigenvalue weighted by atomic mass is 35.5. The summed E-state index contributed by atoms with van der Waals surface area (Å²) in [6.07, 6.45) is 5.87. The summed E-state index contributed by atoms with van der Waals surface area (Å²) < 4.78 is 0. The van der Waals surface area contributed by atoms with Gasteiger partial charge in [0.25, 0.3) is 0 Å². The molecule has 0 amide bonds. The van der Waals surface area contributed by atoms with Gasteiger partial charge in [0.1, 0.15) is 17.3 Å². The number of carbonyl (C=O) groups excluding carboxylic acids is 1. The molecule has 19 heavy (non-hydrogen) atoms. The molecule has 2 N–H and O–H groups in total. The van der Waals surface area contributed by atoms with Crippen LogP contribution in [0, 0.1) is 5.92 Å². The highest BCUT2D eigenvalue weighted by molar-refractivity contribution is 6.32. The Balaban J connectivity index is 2.28. The fraction of sp³-hybridized carbons (Fsp3) is 0.615. The van der Waals surface area contributed by atoms with Crippen LogP contribution in [-0.2, 0) is 0 Å². The Bertz CT molecular complexity index is 469. The molecule has 2 atom stereocenters. The molecule has 1 heterocycles. The van der Waals surface area contributed by atoms with Crippen molar-refractivity contribution in [3.8, 4) is 0 Å². The molecule has 0 aromatic carbocycles. The number of carbonyl (C=O) groups is 1. The van der Waals surface area contributed by atoms with Gasteiger partial charge in [0.05, 0.1) is 17.7 Å². The van der Waals surface area contributed by atoms with Crippen molar-refractivity contribution in [2.75, 3.05) is 11.9 Å². The van der Waals surface area contributed by atoms with Gasteiger partial charge in [0.15, 0.2) is 6.29 Å². The monoisotopic (exact) mass is 283 g/mol. The van der Waals surface area contributed by atoms with Crippen molar-refractivity contribution in [3.05, 3.63) is 17.0 Å². The van der Waals surface area contributed by atoms with Gasteiger partial charge in [0, 0.05) is 0 Å². The fourth-order valence-corrected chi connectivity index (χ4v) is 2.96. The van der Waals surface area contributed by atoms with Crippen LogP contribution in [0.5, 0.6) is 0 Å². The van der Waals surface area contributed by atoms with Crippen LogP contribution in [0.4, 0.5) is 5.82 Å². The van der Waals surface area contributed by atoms with Crippen LogP contribution in [0.15, 0.2) is 6.33 Å². The normalized spacial score (nSPS) is 27.0. The van der Waals surface area contributed by atoms with Gasteiger partial charge >= 0.3 is 0 Å². The average molecular weight is 284 g/mol. The molecule has 5 nitrogen and oxygen atoms in total. The quantitative estimate of drug-likeness (QED) is 0.655. The van der Waals surface area contributed by atoms with Crippen molar-refractivity contribution < 1.29 is 9.90 Å². The Morgan fingerprint density at radius 2 is 2.42 bits per heavy atom. The number of nitrogens with one attached hydrogen (secondary N) is 1. The minimum absolute atomic E-state index is 0.0112. The first-order valence-corrected chi connectivity index (χ1v) is 6.83. The molecule has 6 heteroatoms. The molecule has 0 aliphatic heterocycles. The van der Waals surface area contributed by atoms with E-state index in [9.17, 15) is 9.90 Å². The summed E-state index contributed by atoms with van der Waals surface area (Å²) in [6, 6.07) is 0. The number of halogens is 1. The zero-order valence-corrected chi connectivity index (χ0v) is 11.7. The molecule has 0 radical (unpaired) electrons. The van der Waals surface area contributed by atoms with Crippen molar-refractivity contribution >= 4 is 23.7 Å². The Hall–Kier alpha value is -1.20. The van der Waals surface area contributed by atoms with Crippen molar-refractivity contribution in [2.45, 2.75) is 38.1 Å². The lowest BCUT2D eigenvalue weighted by atomic mass is 9.77. The molecule has 104 valence electrons. The first-order chi connectivity index (χ1) is 9.10. The van der Waals surface area contributed by atoms with E-state index in [1.54, 1.807) is 0 Å². The minimum Gasteiger partial charge on any atom is -0.394 e. The minimum atomic E-state index is -0.424. The maximum absolute atomic E-state index is 11.1. The van der Waals surface area contributed by atoms with Crippen LogP contribution in [0.2, 0.25) is 5.15 Å². The summed E-state index contributed by atoms with van der Waals surface area (Å²) in [5, 5.41) is 13.1. The first-order valence-electron chi connectivity index (χ1n) is 6.45. The number of aliphatic hydroxyl groups excluding tert-OH is 1. The fourth-order valence-electron chi connectivity index (χ4n) is 2.79. The van der Waals surface area contributed by atoms with Crippen molar-refractivity contribution in [3.63, 3.8) is 0 Å². The third-order valence-electron chi connectivity index (χ3n) is 3.73. The SMILES string of the molecule is CC1CCCC(CO)(Nc2ncnc(Cl)c2C=O)C1. The summed E-state index contributed by atoms with van der Waals surface area (Å²) in [4.78, 5) is 18.9. The summed E-state index contributed by atoms with van der Waals surface area (Å²) in [5.41, 5.74) is -0.178. The lowest BCUT2D eigenvalue weighted by Gasteiger charge is -2.40. The zero-order chi connectivity index (χ0) is 13.9. The van der Waals surface area contributed by atoms with Gasteiger partial charge in [-0.3, -0.25) is 4.79 Å². The Morgan fingerprint density at radius 3 is 3.05 bits per heavy atom. The Morgan fingerprint density at radius 1 is 1.63 bits per heavy atom. The van der Waals surface area contributed by atoms with Gasteiger partial charge in [-0.15, -0.1) is 0 Å². The summed E-state index contributed by atoms with van der Waals surface area (Å²) in [6.45, 7) is 2.18. The van der Waals surface area contributed by atoms with Crippen LogP contribution in [0.25, 0.3) is 0 Å². The van der Waals surface area contributed by atoms with E-state index >= 15 is 0 Å². The van der Waals surface area contributed by atoms with E-state index < -0.39 is 5.54 Å². The number of rotatable bonds is 4. The number of nitrogens with zero attached hydrogens (tertiary/aromatic N) is 2. The molecule has 1 saturated carbocycles. The third-order valence-corrected chi connectivity index (χ3v) is 4.03. The van der Waals surface area contributed by atoms with Gasteiger partial charge < -0.3 is 10.4 Å². The van der Waals surface area contributed by atoms with E-state index in [0.717, 1.165) is 25.7 Å². The average Bonchev–Trinajstić information content (AvgIpc) is 2.39. The molecule has 0 bridgehead atoms. The summed E-state index contributed by atoms with van der Waals surface area (Å²) in [5.74, 6) is 0.934. The standard InChI is InChI=1S/C13H18ClN3O2/c1-9-3-2-4-13(5-9,7-19)17-12-10(6-18)11(14)15-8-16-12/h6,8-9,19H,2-5,7H2,1H3,(H,15,16,17). The van der Waals surface area contributed by atoms with E-state index in [-0.39, 0.29) is 17.3 Å². The van der Waals surface area contributed by atoms with Gasteiger partial charge in [-0.2, -0.15) is 0 Å². The van der Waals surface area contributed by atoms with Crippen molar-refractivity contribution in [2.24, 2.45) is 5.92 Å². The molecular weight excluding hydrogens is 266 g/mol. The zero-order valence-electron chi connectivity index (χ0n) is 10.9. The maximum atomic E-state index is 11.1. The van der Waals surface area contributed by atoms with Crippen LogP contribution in [-0.4, -0.2) is 33.5 Å². The van der Waals surface area contributed by atoms with E-state index in [1.165, 1.54) is 6.33 Å². The van der Waals surface area contributed by atoms with Gasteiger partial charge in [-0.1, -0.05) is 31.4 Å². The van der Waals surface area contributed by atoms with E-state index in [1.807, 2.05) is 0 Å². The lowest BCUT2D eigenvalue weighted by Crippen LogP contribution is -2.46. The van der Waals surface area contributed by atoms with Crippen LogP contribution in [0.1, 0.15) is 43.0 Å². The van der Waals surface area contributed by atoms with Crippen molar-refractivity contribution in [1.29, 1.82) is 0 Å². The second-order valence-corrected chi connectivity index (χ2v) is 5.67. The number of hydrogen-bond acceptors (Lipinski definition) is 5. The molecule has 2 unspecified atom stereocenters. The number of aldehydes is 1. The first kappa shape index (κ1) is 14.2. The molecule has 1 fully saturated rings. The van der Waals surface area contributed by atoms with E-state index in [2.05, 4.69) is 22.2 Å². The molecule has 1 aliphatic rings. The molecule has 1 aliphatic carbocycles. The van der Waals surface area contributed by atoms with Crippen LogP contribution < -0.4 is 5.32 Å².